The minimum Gasteiger partial charge on any atom is -0.479 e. The summed E-state index contributed by atoms with van der Waals surface area (Å²) >= 11 is 0. The summed E-state index contributed by atoms with van der Waals surface area (Å²) in [6.07, 6.45) is 0.560. The Bertz CT molecular complexity index is 733. The molecule has 0 spiro atoms. The predicted molar refractivity (Wildman–Crippen MR) is 97.1 cm³/mol. The lowest BCUT2D eigenvalue weighted by molar-refractivity contribution is -0.132. The molecule has 2 aliphatic rings. The third kappa shape index (κ3) is 3.66. The van der Waals surface area contributed by atoms with Crippen molar-refractivity contribution < 1.29 is 19.1 Å². The van der Waals surface area contributed by atoms with Gasteiger partial charge in [0.25, 0.3) is 5.91 Å². The highest BCUT2D eigenvalue weighted by Crippen LogP contribution is 2.34. The molecule has 3 amide bonds. The molecule has 7 nitrogen and oxygen atoms in total. The highest BCUT2D eigenvalue weighted by Gasteiger charge is 2.29. The molecule has 140 valence electrons. The van der Waals surface area contributed by atoms with Crippen molar-refractivity contribution >= 4 is 23.4 Å². The first-order chi connectivity index (χ1) is 12.4. The number of hydrogen-bond donors (Lipinski definition) is 0. The van der Waals surface area contributed by atoms with Crippen molar-refractivity contribution in [3.8, 4) is 5.75 Å². The van der Waals surface area contributed by atoms with Crippen molar-refractivity contribution in [2.24, 2.45) is 0 Å². The Morgan fingerprint density at radius 2 is 1.85 bits per heavy atom. The number of benzene rings is 1. The van der Waals surface area contributed by atoms with Gasteiger partial charge in [-0.1, -0.05) is 6.07 Å². The fraction of sp³-hybridized carbons (Fsp3) is 0.526. The SMILES string of the molecule is CC(=O)N1CCCN(C(=O)Cc2ccc3c(c2)N(C)C(=O)C(C)O3)CC1. The minimum atomic E-state index is -0.499. The second kappa shape index (κ2) is 7.35. The van der Waals surface area contributed by atoms with E-state index in [1.807, 2.05) is 23.1 Å². The van der Waals surface area contributed by atoms with Gasteiger partial charge in [-0.2, -0.15) is 0 Å². The lowest BCUT2D eigenvalue weighted by Crippen LogP contribution is -2.42. The van der Waals surface area contributed by atoms with Crippen molar-refractivity contribution in [1.82, 2.24) is 9.80 Å². The molecule has 3 rings (SSSR count). The smallest absolute Gasteiger partial charge is 0.267 e. The number of anilines is 1. The van der Waals surface area contributed by atoms with Crippen LogP contribution in [-0.2, 0) is 20.8 Å². The zero-order valence-corrected chi connectivity index (χ0v) is 15.5. The molecule has 0 aliphatic carbocycles. The second-order valence-electron chi connectivity index (χ2n) is 6.88. The predicted octanol–water partition coefficient (Wildman–Crippen LogP) is 1.05. The van der Waals surface area contributed by atoms with Crippen LogP contribution < -0.4 is 9.64 Å². The van der Waals surface area contributed by atoms with Gasteiger partial charge >= 0.3 is 0 Å². The number of fused-ring (bicyclic) bond motifs is 1. The van der Waals surface area contributed by atoms with Gasteiger partial charge in [-0.25, -0.2) is 0 Å². The zero-order chi connectivity index (χ0) is 18.8. The van der Waals surface area contributed by atoms with Crippen molar-refractivity contribution in [3.05, 3.63) is 23.8 Å². The average Bonchev–Trinajstić information content (AvgIpc) is 2.87. The molecule has 2 aliphatic heterocycles. The largest absolute Gasteiger partial charge is 0.479 e. The Morgan fingerprint density at radius 3 is 2.58 bits per heavy atom. The van der Waals surface area contributed by atoms with Crippen LogP contribution in [0.1, 0.15) is 25.8 Å². The number of amides is 3. The van der Waals surface area contributed by atoms with Crippen molar-refractivity contribution in [3.63, 3.8) is 0 Å². The molecule has 26 heavy (non-hydrogen) atoms. The van der Waals surface area contributed by atoms with Crippen molar-refractivity contribution in [2.75, 3.05) is 38.1 Å². The topological polar surface area (TPSA) is 70.2 Å². The molecule has 0 radical (unpaired) electrons. The standard InChI is InChI=1S/C19H25N3O4/c1-13-19(25)20(3)16-11-15(5-6-17(16)26-13)12-18(24)22-8-4-7-21(9-10-22)14(2)23/h5-6,11,13H,4,7-10,12H2,1-3H3. The minimum absolute atomic E-state index is 0.0365. The first-order valence-electron chi connectivity index (χ1n) is 8.97. The molecule has 7 heteroatoms. The Labute approximate surface area is 153 Å². The fourth-order valence-corrected chi connectivity index (χ4v) is 3.44. The number of nitrogens with zero attached hydrogens (tertiary/aromatic N) is 3. The van der Waals surface area contributed by atoms with Crippen LogP contribution in [0.2, 0.25) is 0 Å². The van der Waals surface area contributed by atoms with Gasteiger partial charge in [-0.3, -0.25) is 14.4 Å². The molecule has 1 aromatic carbocycles. The first-order valence-corrected chi connectivity index (χ1v) is 8.97. The maximum Gasteiger partial charge on any atom is 0.267 e. The van der Waals surface area contributed by atoms with Crippen LogP contribution >= 0.6 is 0 Å². The van der Waals surface area contributed by atoms with Gasteiger partial charge in [-0.05, 0) is 31.0 Å². The molecule has 1 unspecified atom stereocenters. The molecule has 1 saturated heterocycles. The highest BCUT2D eigenvalue weighted by atomic mass is 16.5. The molecular formula is C19H25N3O4. The molecule has 0 aromatic heterocycles. The van der Waals surface area contributed by atoms with E-state index in [0.717, 1.165) is 12.0 Å². The van der Waals surface area contributed by atoms with E-state index in [-0.39, 0.29) is 24.1 Å². The molecule has 0 bridgehead atoms. The van der Waals surface area contributed by atoms with E-state index in [9.17, 15) is 14.4 Å². The van der Waals surface area contributed by atoms with Crippen LogP contribution in [0.15, 0.2) is 18.2 Å². The summed E-state index contributed by atoms with van der Waals surface area (Å²) in [7, 11) is 1.72. The quantitative estimate of drug-likeness (QED) is 0.792. The van der Waals surface area contributed by atoms with Crippen LogP contribution in [-0.4, -0.2) is 66.9 Å². The summed E-state index contributed by atoms with van der Waals surface area (Å²) in [4.78, 5) is 41.4. The van der Waals surface area contributed by atoms with E-state index in [1.165, 1.54) is 0 Å². The van der Waals surface area contributed by atoms with E-state index < -0.39 is 6.10 Å². The second-order valence-corrected chi connectivity index (χ2v) is 6.88. The van der Waals surface area contributed by atoms with Crippen molar-refractivity contribution in [2.45, 2.75) is 32.8 Å². The lowest BCUT2D eigenvalue weighted by atomic mass is 10.1. The summed E-state index contributed by atoms with van der Waals surface area (Å²) in [6, 6.07) is 5.53. The zero-order valence-electron chi connectivity index (χ0n) is 15.5. The number of likely N-dealkylation sites (N-methyl/N-ethyl adjacent to an activating group) is 1. The molecule has 1 atom stereocenters. The van der Waals surface area contributed by atoms with Gasteiger partial charge in [0, 0.05) is 40.2 Å². The molecule has 2 heterocycles. The monoisotopic (exact) mass is 359 g/mol. The molecule has 0 saturated carbocycles. The van der Waals surface area contributed by atoms with Crippen LogP contribution in [0.5, 0.6) is 5.75 Å². The van der Waals surface area contributed by atoms with Crippen LogP contribution in [0.25, 0.3) is 0 Å². The number of rotatable bonds is 2. The molecule has 1 fully saturated rings. The van der Waals surface area contributed by atoms with E-state index in [0.29, 0.717) is 37.6 Å². The average molecular weight is 359 g/mol. The summed E-state index contributed by atoms with van der Waals surface area (Å²) in [5.41, 5.74) is 1.54. The van der Waals surface area contributed by atoms with Gasteiger partial charge < -0.3 is 19.4 Å². The van der Waals surface area contributed by atoms with E-state index in [4.69, 9.17) is 4.74 Å². The molecule has 1 aromatic rings. The fourth-order valence-electron chi connectivity index (χ4n) is 3.44. The van der Waals surface area contributed by atoms with Gasteiger partial charge in [0.2, 0.25) is 11.8 Å². The maximum absolute atomic E-state index is 12.7. The number of carbonyl (C=O) groups excluding carboxylic acids is 3. The van der Waals surface area contributed by atoms with Gasteiger partial charge in [0.15, 0.2) is 6.10 Å². The maximum atomic E-state index is 12.7. The van der Waals surface area contributed by atoms with Gasteiger partial charge in [-0.15, -0.1) is 0 Å². The third-order valence-electron chi connectivity index (χ3n) is 5.02. The Morgan fingerprint density at radius 1 is 1.15 bits per heavy atom. The molecule has 0 N–H and O–H groups in total. The van der Waals surface area contributed by atoms with E-state index in [1.54, 1.807) is 30.7 Å². The number of ether oxygens (including phenoxy) is 1. The van der Waals surface area contributed by atoms with E-state index >= 15 is 0 Å². The summed E-state index contributed by atoms with van der Waals surface area (Å²) in [6.45, 7) is 5.78. The van der Waals surface area contributed by atoms with E-state index in [2.05, 4.69) is 0 Å². The third-order valence-corrected chi connectivity index (χ3v) is 5.02. The van der Waals surface area contributed by atoms with Crippen molar-refractivity contribution in [1.29, 1.82) is 0 Å². The summed E-state index contributed by atoms with van der Waals surface area (Å²) in [5.74, 6) is 0.644. The van der Waals surface area contributed by atoms with Gasteiger partial charge in [0.05, 0.1) is 12.1 Å². The summed E-state index contributed by atoms with van der Waals surface area (Å²) < 4.78 is 5.62. The Kier molecular flexibility index (Phi) is 5.15. The number of carbonyl (C=O) groups is 3. The Hall–Kier alpha value is -2.57. The Balaban J connectivity index is 1.69. The summed E-state index contributed by atoms with van der Waals surface area (Å²) in [5, 5.41) is 0. The highest BCUT2D eigenvalue weighted by molar-refractivity contribution is 5.99. The molecular weight excluding hydrogens is 334 g/mol. The number of hydrogen-bond acceptors (Lipinski definition) is 4. The first kappa shape index (κ1) is 18.2. The normalized spacial score (nSPS) is 20.3. The lowest BCUT2D eigenvalue weighted by Gasteiger charge is -2.30. The van der Waals surface area contributed by atoms with Crippen LogP contribution in [0.3, 0.4) is 0 Å². The van der Waals surface area contributed by atoms with Crippen LogP contribution in [0, 0.1) is 0 Å². The van der Waals surface area contributed by atoms with Gasteiger partial charge in [0.1, 0.15) is 5.75 Å². The van der Waals surface area contributed by atoms with Crippen LogP contribution in [0.4, 0.5) is 5.69 Å².